The van der Waals surface area contributed by atoms with E-state index in [-0.39, 0.29) is 26.4 Å². The first-order valence-electron chi connectivity index (χ1n) is 8.80. The van der Waals surface area contributed by atoms with E-state index in [0.29, 0.717) is 18.8 Å². The second-order valence-electron chi connectivity index (χ2n) is 6.56. The predicted octanol–water partition coefficient (Wildman–Crippen LogP) is 2.88. The summed E-state index contributed by atoms with van der Waals surface area (Å²) in [6.07, 6.45) is 1.64. The van der Waals surface area contributed by atoms with E-state index >= 15 is 0 Å². The molecule has 1 fully saturated rings. The average molecular weight is 458 g/mol. The number of nitrogens with zero attached hydrogens (tertiary/aromatic N) is 1. The molecule has 3 rings (SSSR count). The molecule has 1 saturated heterocycles. The zero-order valence-electron chi connectivity index (χ0n) is 15.6. The van der Waals surface area contributed by atoms with E-state index in [1.165, 1.54) is 53.7 Å². The number of anilines is 2. The van der Waals surface area contributed by atoms with Crippen LogP contribution in [0.15, 0.2) is 52.3 Å². The molecule has 1 aliphatic rings. The van der Waals surface area contributed by atoms with Crippen molar-refractivity contribution < 1.29 is 21.6 Å². The molecule has 29 heavy (non-hydrogen) atoms. The van der Waals surface area contributed by atoms with Crippen LogP contribution in [0.5, 0.6) is 0 Å². The van der Waals surface area contributed by atoms with Crippen LogP contribution in [0, 0.1) is 0 Å². The molecule has 0 atom stereocenters. The first-order chi connectivity index (χ1) is 13.6. The van der Waals surface area contributed by atoms with Crippen molar-refractivity contribution >= 4 is 48.9 Å². The molecule has 1 amide bonds. The zero-order valence-corrected chi connectivity index (χ0v) is 17.9. The highest BCUT2D eigenvalue weighted by atomic mass is 35.5. The molecule has 156 valence electrons. The van der Waals surface area contributed by atoms with E-state index < -0.39 is 20.0 Å². The second-order valence-corrected chi connectivity index (χ2v) is 10.6. The predicted molar refractivity (Wildman–Crippen MR) is 111 cm³/mol. The average Bonchev–Trinajstić information content (AvgIpc) is 3.19. The number of benzene rings is 2. The fraction of sp³-hybridized carbons (Fsp3) is 0.278. The Morgan fingerprint density at radius 1 is 0.966 bits per heavy atom. The highest BCUT2D eigenvalue weighted by molar-refractivity contribution is 7.92. The van der Waals surface area contributed by atoms with E-state index in [9.17, 15) is 21.6 Å². The molecule has 0 aliphatic carbocycles. The molecule has 0 radical (unpaired) electrons. The summed E-state index contributed by atoms with van der Waals surface area (Å²) in [6.45, 7) is 2.28. The van der Waals surface area contributed by atoms with Gasteiger partial charge in [-0.1, -0.05) is 11.6 Å². The lowest BCUT2D eigenvalue weighted by molar-refractivity contribution is -0.114. The Hall–Kier alpha value is -2.14. The third kappa shape index (κ3) is 4.89. The molecular weight excluding hydrogens is 438 g/mol. The van der Waals surface area contributed by atoms with Gasteiger partial charge >= 0.3 is 0 Å². The molecule has 8 nitrogen and oxygen atoms in total. The summed E-state index contributed by atoms with van der Waals surface area (Å²) < 4.78 is 54.1. The van der Waals surface area contributed by atoms with Crippen LogP contribution in [-0.2, 0) is 24.8 Å². The molecule has 0 spiro atoms. The van der Waals surface area contributed by atoms with Gasteiger partial charge in [-0.2, -0.15) is 4.31 Å². The van der Waals surface area contributed by atoms with E-state index in [0.717, 1.165) is 12.8 Å². The Morgan fingerprint density at radius 2 is 1.55 bits per heavy atom. The van der Waals surface area contributed by atoms with Crippen molar-refractivity contribution in [3.05, 3.63) is 47.5 Å². The molecule has 1 heterocycles. The minimum atomic E-state index is -3.95. The van der Waals surface area contributed by atoms with Crippen LogP contribution in [0.25, 0.3) is 0 Å². The van der Waals surface area contributed by atoms with Crippen molar-refractivity contribution in [2.24, 2.45) is 0 Å². The van der Waals surface area contributed by atoms with E-state index in [2.05, 4.69) is 10.0 Å². The van der Waals surface area contributed by atoms with Crippen molar-refractivity contribution in [3.63, 3.8) is 0 Å². The lowest BCUT2D eigenvalue weighted by Crippen LogP contribution is -2.27. The maximum atomic E-state index is 12.6. The molecule has 11 heteroatoms. The smallest absolute Gasteiger partial charge is 0.261 e. The van der Waals surface area contributed by atoms with Gasteiger partial charge in [0, 0.05) is 20.0 Å². The molecular formula is C18H20ClN3O5S2. The fourth-order valence-electron chi connectivity index (χ4n) is 2.95. The second kappa shape index (κ2) is 8.31. The molecule has 0 saturated carbocycles. The van der Waals surface area contributed by atoms with Crippen LogP contribution >= 0.6 is 11.6 Å². The van der Waals surface area contributed by atoms with Crippen LogP contribution in [-0.4, -0.2) is 40.1 Å². The summed E-state index contributed by atoms with van der Waals surface area (Å²) in [7, 11) is -7.57. The summed E-state index contributed by atoms with van der Waals surface area (Å²) in [4.78, 5) is 11.1. The lowest BCUT2D eigenvalue weighted by atomic mass is 10.3. The van der Waals surface area contributed by atoms with Gasteiger partial charge in [0.1, 0.15) is 0 Å². The van der Waals surface area contributed by atoms with E-state index in [1.807, 2.05) is 0 Å². The van der Waals surface area contributed by atoms with Gasteiger partial charge in [-0.25, -0.2) is 16.8 Å². The highest BCUT2D eigenvalue weighted by Crippen LogP contribution is 2.27. The monoisotopic (exact) mass is 457 g/mol. The van der Waals surface area contributed by atoms with Gasteiger partial charge in [0.2, 0.25) is 15.9 Å². The van der Waals surface area contributed by atoms with Gasteiger partial charge in [0.15, 0.2) is 0 Å². The Kier molecular flexibility index (Phi) is 6.18. The summed E-state index contributed by atoms with van der Waals surface area (Å²) in [5.41, 5.74) is 0.566. The number of carbonyl (C=O) groups excluding carboxylic acids is 1. The summed E-state index contributed by atoms with van der Waals surface area (Å²) in [5, 5.41) is 2.70. The molecule has 0 unspecified atom stereocenters. The Morgan fingerprint density at radius 3 is 2.10 bits per heavy atom. The third-order valence-electron chi connectivity index (χ3n) is 4.37. The zero-order chi connectivity index (χ0) is 21.2. The molecule has 2 aromatic carbocycles. The number of hydrogen-bond donors (Lipinski definition) is 2. The van der Waals surface area contributed by atoms with Crippen LogP contribution in [0.1, 0.15) is 19.8 Å². The molecule has 1 aliphatic heterocycles. The normalized spacial score (nSPS) is 15.2. The molecule has 0 aromatic heterocycles. The maximum absolute atomic E-state index is 12.6. The quantitative estimate of drug-likeness (QED) is 0.692. The number of sulfonamides is 2. The Labute approximate surface area is 175 Å². The number of carbonyl (C=O) groups is 1. The number of nitrogens with one attached hydrogen (secondary N) is 2. The van der Waals surface area contributed by atoms with Gasteiger partial charge in [0.05, 0.1) is 26.2 Å². The van der Waals surface area contributed by atoms with Crippen LogP contribution < -0.4 is 10.0 Å². The minimum absolute atomic E-state index is 0.0565. The summed E-state index contributed by atoms with van der Waals surface area (Å²) in [5.74, 6) is -0.302. The maximum Gasteiger partial charge on any atom is 0.261 e. The Balaban J connectivity index is 1.79. The van der Waals surface area contributed by atoms with E-state index in [1.54, 1.807) is 0 Å². The first-order valence-corrected chi connectivity index (χ1v) is 12.1. The van der Waals surface area contributed by atoms with Crippen LogP contribution in [0.3, 0.4) is 0 Å². The summed E-state index contributed by atoms with van der Waals surface area (Å²) in [6, 6.07) is 9.38. The van der Waals surface area contributed by atoms with Gasteiger partial charge < -0.3 is 5.32 Å². The number of hydrogen-bond acceptors (Lipinski definition) is 5. The number of amides is 1. The van der Waals surface area contributed by atoms with Crippen molar-refractivity contribution in [1.82, 2.24) is 4.31 Å². The highest BCUT2D eigenvalue weighted by Gasteiger charge is 2.27. The van der Waals surface area contributed by atoms with Crippen molar-refractivity contribution in [2.75, 3.05) is 23.1 Å². The van der Waals surface area contributed by atoms with Gasteiger partial charge in [-0.15, -0.1) is 0 Å². The van der Waals surface area contributed by atoms with Gasteiger partial charge in [-0.3, -0.25) is 9.52 Å². The number of rotatable bonds is 6. The van der Waals surface area contributed by atoms with Gasteiger partial charge in [-0.05, 0) is 55.3 Å². The molecule has 2 aromatic rings. The Bertz CT molecular complexity index is 1130. The largest absolute Gasteiger partial charge is 0.325 e. The standard InChI is InChI=1S/C18H20ClN3O5S2/c1-13(23)20-18-9-4-14(12-17(18)19)21-28(24,25)15-5-7-16(8-6-15)29(26,27)22-10-2-3-11-22/h4-9,12,21H,2-3,10-11H2,1H3,(H,20,23). The van der Waals surface area contributed by atoms with Crippen LogP contribution in [0.2, 0.25) is 5.02 Å². The van der Waals surface area contributed by atoms with Gasteiger partial charge in [0.25, 0.3) is 10.0 Å². The van der Waals surface area contributed by atoms with Crippen molar-refractivity contribution in [1.29, 1.82) is 0 Å². The fourth-order valence-corrected chi connectivity index (χ4v) is 5.75. The molecule has 0 bridgehead atoms. The van der Waals surface area contributed by atoms with E-state index in [4.69, 9.17) is 11.6 Å². The third-order valence-corrected chi connectivity index (χ3v) is 7.99. The molecule has 2 N–H and O–H groups in total. The number of halogens is 1. The topological polar surface area (TPSA) is 113 Å². The van der Waals surface area contributed by atoms with Crippen molar-refractivity contribution in [2.45, 2.75) is 29.6 Å². The SMILES string of the molecule is CC(=O)Nc1ccc(NS(=O)(=O)c2ccc(S(=O)(=O)N3CCCC3)cc2)cc1Cl. The lowest BCUT2D eigenvalue weighted by Gasteiger charge is -2.16. The minimum Gasteiger partial charge on any atom is -0.325 e. The first kappa shape index (κ1) is 21.6. The van der Waals surface area contributed by atoms with Crippen LogP contribution in [0.4, 0.5) is 11.4 Å². The summed E-state index contributed by atoms with van der Waals surface area (Å²) >= 11 is 6.06. The van der Waals surface area contributed by atoms with Crippen molar-refractivity contribution in [3.8, 4) is 0 Å².